The van der Waals surface area contributed by atoms with E-state index < -0.39 is 0 Å². The Kier molecular flexibility index (Phi) is 4.19. The lowest BCUT2D eigenvalue weighted by Crippen LogP contribution is -2.04. The lowest BCUT2D eigenvalue weighted by Gasteiger charge is -2.12. The zero-order valence-corrected chi connectivity index (χ0v) is 13.7. The number of aromatic nitrogens is 4. The van der Waals surface area contributed by atoms with E-state index in [1.54, 1.807) is 12.4 Å². The van der Waals surface area contributed by atoms with E-state index in [2.05, 4.69) is 17.0 Å². The molecule has 0 unspecified atom stereocenters. The first-order chi connectivity index (χ1) is 11.2. The van der Waals surface area contributed by atoms with Crippen LogP contribution in [0.2, 0.25) is 0 Å². The number of hydrogen-bond acceptors (Lipinski definition) is 4. The predicted molar refractivity (Wildman–Crippen MR) is 90.6 cm³/mol. The van der Waals surface area contributed by atoms with Gasteiger partial charge in [0.2, 0.25) is 0 Å². The van der Waals surface area contributed by atoms with Gasteiger partial charge in [-0.25, -0.2) is 9.67 Å². The Morgan fingerprint density at radius 2 is 2.04 bits per heavy atom. The molecule has 5 heteroatoms. The Morgan fingerprint density at radius 3 is 2.70 bits per heavy atom. The van der Waals surface area contributed by atoms with E-state index in [1.807, 2.05) is 30.8 Å². The summed E-state index contributed by atoms with van der Waals surface area (Å²) in [5, 5.41) is 5.32. The fourth-order valence-corrected chi connectivity index (χ4v) is 2.94. The van der Waals surface area contributed by atoms with Gasteiger partial charge in [0.15, 0.2) is 11.9 Å². The lowest BCUT2D eigenvalue weighted by atomic mass is 9.96. The van der Waals surface area contributed by atoms with Crippen LogP contribution >= 0.6 is 0 Å². The highest BCUT2D eigenvalue weighted by Crippen LogP contribution is 2.32. The number of pyridine rings is 2. The second kappa shape index (κ2) is 6.28. The summed E-state index contributed by atoms with van der Waals surface area (Å²) in [6, 6.07) is 2.05. The Hall–Kier alpha value is -2.56. The van der Waals surface area contributed by atoms with Crippen LogP contribution in [-0.2, 0) is 13.0 Å². The number of carbonyl (C=O) groups is 1. The Labute approximate surface area is 135 Å². The molecule has 3 heterocycles. The molecule has 3 rings (SSSR count). The molecule has 0 amide bonds. The van der Waals surface area contributed by atoms with E-state index in [0.717, 1.165) is 59.1 Å². The van der Waals surface area contributed by atoms with Crippen molar-refractivity contribution in [3.8, 4) is 11.1 Å². The molecule has 23 heavy (non-hydrogen) atoms. The van der Waals surface area contributed by atoms with Gasteiger partial charge in [-0.15, -0.1) is 0 Å². The zero-order valence-electron chi connectivity index (χ0n) is 13.7. The fourth-order valence-electron chi connectivity index (χ4n) is 2.94. The van der Waals surface area contributed by atoms with Gasteiger partial charge in [-0.2, -0.15) is 5.10 Å². The minimum Gasteiger partial charge on any atom is -0.298 e. The maximum absolute atomic E-state index is 11.8. The second-order valence-electron chi connectivity index (χ2n) is 5.66. The van der Waals surface area contributed by atoms with Crippen molar-refractivity contribution in [2.75, 3.05) is 0 Å². The van der Waals surface area contributed by atoms with Crippen LogP contribution in [0.15, 0.2) is 24.7 Å². The zero-order chi connectivity index (χ0) is 16.4. The fraction of sp³-hybridized carbons (Fsp3) is 0.333. The van der Waals surface area contributed by atoms with Gasteiger partial charge in [0, 0.05) is 41.0 Å². The van der Waals surface area contributed by atoms with E-state index in [4.69, 9.17) is 4.98 Å². The smallest absolute Gasteiger partial charge is 0.158 e. The van der Waals surface area contributed by atoms with Gasteiger partial charge in [0.1, 0.15) is 0 Å². The molecule has 0 aliphatic rings. The number of aldehydes is 1. The molecule has 0 saturated carbocycles. The molecule has 118 valence electrons. The molecular weight excluding hydrogens is 288 g/mol. The first-order valence-electron chi connectivity index (χ1n) is 7.95. The number of carbonyl (C=O) groups excluding carboxylic acids is 1. The van der Waals surface area contributed by atoms with Gasteiger partial charge in [-0.05, 0) is 31.9 Å². The van der Waals surface area contributed by atoms with Gasteiger partial charge in [-0.1, -0.05) is 13.3 Å². The lowest BCUT2D eigenvalue weighted by molar-refractivity contribution is 0.112. The van der Waals surface area contributed by atoms with Crippen molar-refractivity contribution in [1.29, 1.82) is 0 Å². The van der Waals surface area contributed by atoms with Crippen LogP contribution in [0.4, 0.5) is 0 Å². The van der Waals surface area contributed by atoms with Crippen LogP contribution < -0.4 is 0 Å². The molecule has 3 aromatic rings. The van der Waals surface area contributed by atoms with Crippen molar-refractivity contribution < 1.29 is 4.79 Å². The second-order valence-corrected chi connectivity index (χ2v) is 5.66. The van der Waals surface area contributed by atoms with Crippen molar-refractivity contribution in [3.63, 3.8) is 0 Å². The van der Waals surface area contributed by atoms with Gasteiger partial charge in [0.25, 0.3) is 0 Å². The highest BCUT2D eigenvalue weighted by molar-refractivity contribution is 6.02. The summed E-state index contributed by atoms with van der Waals surface area (Å²) in [6.45, 7) is 6.87. The molecule has 0 aliphatic carbocycles. The number of fused-ring (bicyclic) bond motifs is 1. The van der Waals surface area contributed by atoms with E-state index in [-0.39, 0.29) is 0 Å². The Morgan fingerprint density at radius 1 is 1.22 bits per heavy atom. The summed E-state index contributed by atoms with van der Waals surface area (Å²) in [5.74, 6) is 0. The maximum Gasteiger partial charge on any atom is 0.158 e. The first kappa shape index (κ1) is 15.3. The van der Waals surface area contributed by atoms with Crippen molar-refractivity contribution in [3.05, 3.63) is 41.5 Å². The third kappa shape index (κ3) is 2.63. The van der Waals surface area contributed by atoms with Crippen LogP contribution in [-0.4, -0.2) is 26.0 Å². The predicted octanol–water partition coefficient (Wildman–Crippen LogP) is 3.59. The highest BCUT2D eigenvalue weighted by Gasteiger charge is 2.19. The third-order valence-electron chi connectivity index (χ3n) is 3.97. The molecule has 0 N–H and O–H groups in total. The number of rotatable bonds is 5. The molecule has 0 atom stereocenters. The average Bonchev–Trinajstić information content (AvgIpc) is 2.96. The van der Waals surface area contributed by atoms with Gasteiger partial charge in [-0.3, -0.25) is 9.78 Å². The Balaban J connectivity index is 2.40. The monoisotopic (exact) mass is 308 g/mol. The minimum absolute atomic E-state index is 0.655. The van der Waals surface area contributed by atoms with E-state index in [9.17, 15) is 4.79 Å². The minimum atomic E-state index is 0.655. The molecule has 3 aromatic heterocycles. The largest absolute Gasteiger partial charge is 0.298 e. The molecule has 0 aliphatic heterocycles. The third-order valence-corrected chi connectivity index (χ3v) is 3.97. The van der Waals surface area contributed by atoms with Crippen LogP contribution in [0.1, 0.15) is 41.9 Å². The quantitative estimate of drug-likeness (QED) is 0.676. The van der Waals surface area contributed by atoms with Crippen molar-refractivity contribution in [1.82, 2.24) is 19.7 Å². The highest BCUT2D eigenvalue weighted by atomic mass is 16.1. The molecule has 0 bridgehead atoms. The van der Waals surface area contributed by atoms with Gasteiger partial charge < -0.3 is 0 Å². The summed E-state index contributed by atoms with van der Waals surface area (Å²) < 4.78 is 1.87. The molecule has 0 radical (unpaired) electrons. The van der Waals surface area contributed by atoms with Gasteiger partial charge >= 0.3 is 0 Å². The molecule has 0 aromatic carbocycles. The van der Waals surface area contributed by atoms with Gasteiger partial charge in [0.05, 0.1) is 11.9 Å². The van der Waals surface area contributed by atoms with Crippen molar-refractivity contribution in [2.45, 2.75) is 40.2 Å². The van der Waals surface area contributed by atoms with Crippen molar-refractivity contribution >= 4 is 17.3 Å². The molecular formula is C18H20N4O. The molecule has 0 fully saturated rings. The normalized spacial score (nSPS) is 11.1. The van der Waals surface area contributed by atoms with E-state index >= 15 is 0 Å². The summed E-state index contributed by atoms with van der Waals surface area (Å²) in [5.41, 5.74) is 5.21. The van der Waals surface area contributed by atoms with Crippen LogP contribution in [0.3, 0.4) is 0 Å². The number of nitrogens with zero attached hydrogens (tertiary/aromatic N) is 4. The first-order valence-corrected chi connectivity index (χ1v) is 7.95. The summed E-state index contributed by atoms with van der Waals surface area (Å²) in [7, 11) is 0. The summed E-state index contributed by atoms with van der Waals surface area (Å²) >= 11 is 0. The molecule has 0 spiro atoms. The summed E-state index contributed by atoms with van der Waals surface area (Å²) in [6.07, 6.45) is 8.03. The van der Waals surface area contributed by atoms with Crippen LogP contribution in [0, 0.1) is 6.92 Å². The molecule has 5 nitrogen and oxygen atoms in total. The van der Waals surface area contributed by atoms with Crippen LogP contribution in [0.25, 0.3) is 22.2 Å². The molecule has 0 saturated heterocycles. The Bertz CT molecular complexity index is 867. The van der Waals surface area contributed by atoms with E-state index in [1.165, 1.54) is 0 Å². The number of aryl methyl sites for hydroxylation is 3. The van der Waals surface area contributed by atoms with Crippen molar-refractivity contribution in [2.24, 2.45) is 0 Å². The van der Waals surface area contributed by atoms with Crippen LogP contribution in [0.5, 0.6) is 0 Å². The topological polar surface area (TPSA) is 60.7 Å². The average molecular weight is 308 g/mol. The maximum atomic E-state index is 11.8. The van der Waals surface area contributed by atoms with E-state index in [0.29, 0.717) is 5.56 Å². The SMILES string of the molecule is CCCc1nc2c(cnn2CC)c(-c2cncc(C)c2)c1C=O. The standard InChI is InChI=1S/C18H20N4O/c1-4-6-16-15(11-23)17(13-7-12(3)8-19-9-13)14-10-20-22(5-2)18(14)21-16/h7-11H,4-6H2,1-3H3. The number of hydrogen-bond donors (Lipinski definition) is 0. The summed E-state index contributed by atoms with van der Waals surface area (Å²) in [4.78, 5) is 20.8.